The summed E-state index contributed by atoms with van der Waals surface area (Å²) in [4.78, 5) is 29.7. The Kier molecular flexibility index (Phi) is 6.52. The largest absolute Gasteiger partial charge is 0.491 e. The number of nitrogens with one attached hydrogen (secondary N) is 1. The van der Waals surface area contributed by atoms with E-state index in [2.05, 4.69) is 29.6 Å². The Morgan fingerprint density at radius 1 is 0.733 bits per heavy atom. The number of hydrogen-bond acceptors (Lipinski definition) is 5. The molecule has 1 N–H and O–H groups in total. The van der Waals surface area contributed by atoms with Gasteiger partial charge in [-0.05, 0) is 46.5 Å². The first-order valence-electron chi connectivity index (χ1n) is 15.1. The first-order valence-corrected chi connectivity index (χ1v) is 15.1. The van der Waals surface area contributed by atoms with Gasteiger partial charge in [0.2, 0.25) is 12.7 Å². The molecule has 3 aliphatic heterocycles. The zero-order valence-electron chi connectivity index (χ0n) is 24.4. The van der Waals surface area contributed by atoms with Crippen molar-refractivity contribution < 1.29 is 23.8 Å². The fourth-order valence-electron chi connectivity index (χ4n) is 6.81. The molecule has 1 spiro atoms. The number of fused-ring (bicyclic) bond motifs is 5. The summed E-state index contributed by atoms with van der Waals surface area (Å²) in [6.45, 7) is 1.11. The van der Waals surface area contributed by atoms with Crippen LogP contribution in [0.5, 0.6) is 17.2 Å². The Hall–Kier alpha value is -5.56. The molecule has 1 atom stereocenters. The molecule has 45 heavy (non-hydrogen) atoms. The van der Waals surface area contributed by atoms with Gasteiger partial charge in [-0.25, -0.2) is 0 Å². The van der Waals surface area contributed by atoms with Crippen LogP contribution in [0, 0.1) is 0 Å². The van der Waals surface area contributed by atoms with Gasteiger partial charge in [0, 0.05) is 35.3 Å². The summed E-state index contributed by atoms with van der Waals surface area (Å²) in [7, 11) is 0. The van der Waals surface area contributed by atoms with E-state index in [9.17, 15) is 9.59 Å². The molecule has 1 unspecified atom stereocenters. The number of carbonyl (C=O) groups is 2. The minimum Gasteiger partial charge on any atom is -0.491 e. The third-order valence-electron chi connectivity index (χ3n) is 9.04. The van der Waals surface area contributed by atoms with Crippen molar-refractivity contribution >= 4 is 17.5 Å². The second-order valence-electron chi connectivity index (χ2n) is 11.6. The smallest absolute Gasteiger partial charge is 0.251 e. The van der Waals surface area contributed by atoms with Crippen molar-refractivity contribution in [3.05, 3.63) is 155 Å². The summed E-state index contributed by atoms with van der Waals surface area (Å²) in [6, 6.07) is 39.5. The predicted octanol–water partition coefficient (Wildman–Crippen LogP) is 6.20. The van der Waals surface area contributed by atoms with Gasteiger partial charge in [-0.15, -0.1) is 0 Å². The predicted molar refractivity (Wildman–Crippen MR) is 170 cm³/mol. The molecular formula is C38H30N2O5. The first kappa shape index (κ1) is 27.0. The highest BCUT2D eigenvalue weighted by Crippen LogP contribution is 2.55. The molecule has 3 heterocycles. The summed E-state index contributed by atoms with van der Waals surface area (Å²) in [5.41, 5.74) is 5.21. The number of ether oxygens (including phenoxy) is 3. The van der Waals surface area contributed by atoms with Crippen LogP contribution in [-0.4, -0.2) is 31.8 Å². The molecule has 7 nitrogen and oxygen atoms in total. The van der Waals surface area contributed by atoms with Crippen LogP contribution >= 0.6 is 0 Å². The molecule has 7 heteroatoms. The van der Waals surface area contributed by atoms with Crippen LogP contribution < -0.4 is 24.4 Å². The summed E-state index contributed by atoms with van der Waals surface area (Å²) in [6.07, 6.45) is 0. The van der Waals surface area contributed by atoms with E-state index < -0.39 is 5.41 Å². The van der Waals surface area contributed by atoms with Gasteiger partial charge in [0.05, 0.1) is 6.54 Å². The number of benzene rings is 5. The van der Waals surface area contributed by atoms with Gasteiger partial charge in [0.25, 0.3) is 5.91 Å². The molecule has 0 aromatic heterocycles. The van der Waals surface area contributed by atoms with Crippen LogP contribution in [0.1, 0.15) is 44.1 Å². The van der Waals surface area contributed by atoms with Crippen LogP contribution in [0.15, 0.2) is 121 Å². The SMILES string of the molecule is O=C(NCC(c1ccccc1)c1ccccc1)c1cccc(CN2C(=O)C3(COc4cc5c(cc43)OCO5)c3ccccc32)c1. The van der Waals surface area contributed by atoms with Crippen LogP contribution in [-0.2, 0) is 16.8 Å². The molecule has 8 rings (SSSR count). The summed E-state index contributed by atoms with van der Waals surface area (Å²) < 4.78 is 17.3. The van der Waals surface area contributed by atoms with Gasteiger partial charge in [-0.1, -0.05) is 91.0 Å². The van der Waals surface area contributed by atoms with Crippen LogP contribution in [0.3, 0.4) is 0 Å². The summed E-state index contributed by atoms with van der Waals surface area (Å²) in [5, 5.41) is 3.15. The Bertz CT molecular complexity index is 1890. The van der Waals surface area contributed by atoms with Gasteiger partial charge in [-0.2, -0.15) is 0 Å². The molecule has 0 saturated carbocycles. The second kappa shape index (κ2) is 10.9. The Balaban J connectivity index is 1.05. The highest BCUT2D eigenvalue weighted by Gasteiger charge is 2.57. The molecule has 0 bridgehead atoms. The number of anilines is 1. The lowest BCUT2D eigenvalue weighted by atomic mass is 9.77. The highest BCUT2D eigenvalue weighted by atomic mass is 16.7. The maximum Gasteiger partial charge on any atom is 0.251 e. The number of nitrogens with zero attached hydrogens (tertiary/aromatic N) is 1. The normalized spacial score (nSPS) is 17.4. The number of para-hydroxylation sites is 1. The maximum absolute atomic E-state index is 14.4. The minimum absolute atomic E-state index is 0.0177. The molecule has 5 aromatic carbocycles. The third kappa shape index (κ3) is 4.51. The average Bonchev–Trinajstić information content (AvgIpc) is 3.77. The van der Waals surface area contributed by atoms with Crippen LogP contribution in [0.2, 0.25) is 0 Å². The van der Waals surface area contributed by atoms with Gasteiger partial charge in [0.1, 0.15) is 17.8 Å². The van der Waals surface area contributed by atoms with Gasteiger partial charge < -0.3 is 24.4 Å². The zero-order chi connectivity index (χ0) is 30.4. The quantitative estimate of drug-likeness (QED) is 0.243. The van der Waals surface area contributed by atoms with Crippen molar-refractivity contribution in [2.24, 2.45) is 0 Å². The van der Waals surface area contributed by atoms with E-state index in [0.29, 0.717) is 35.9 Å². The van der Waals surface area contributed by atoms with Crippen molar-refractivity contribution in [1.29, 1.82) is 0 Å². The summed E-state index contributed by atoms with van der Waals surface area (Å²) in [5.74, 6) is 1.66. The zero-order valence-corrected chi connectivity index (χ0v) is 24.4. The molecule has 0 aliphatic carbocycles. The fourth-order valence-corrected chi connectivity index (χ4v) is 6.81. The monoisotopic (exact) mass is 594 g/mol. The number of carbonyl (C=O) groups excluding carboxylic acids is 2. The minimum atomic E-state index is -0.980. The van der Waals surface area contributed by atoms with Crippen LogP contribution in [0.4, 0.5) is 5.69 Å². The number of amides is 2. The van der Waals surface area contributed by atoms with Crippen molar-refractivity contribution in [2.45, 2.75) is 17.9 Å². The number of rotatable bonds is 7. The van der Waals surface area contributed by atoms with Crippen LogP contribution in [0.25, 0.3) is 0 Å². The molecule has 5 aromatic rings. The van der Waals surface area contributed by atoms with Crippen molar-refractivity contribution in [3.63, 3.8) is 0 Å². The molecule has 2 amide bonds. The van der Waals surface area contributed by atoms with Crippen molar-refractivity contribution in [2.75, 3.05) is 24.8 Å². The molecule has 0 fully saturated rings. The standard InChI is InChI=1S/C38H30N2O5/c41-36(39-21-29(26-11-3-1-4-12-26)27-13-5-2-6-14-27)28-15-9-10-25(18-28)22-40-32-17-8-7-16-30(32)38(37(40)42)23-43-33-20-35-34(19-31(33)38)44-24-45-35/h1-20,29H,21-24H2,(H,39,41). The van der Waals surface area contributed by atoms with Gasteiger partial charge in [0.15, 0.2) is 11.5 Å². The van der Waals surface area contributed by atoms with E-state index in [-0.39, 0.29) is 31.1 Å². The fraction of sp³-hybridized carbons (Fsp3) is 0.158. The third-order valence-corrected chi connectivity index (χ3v) is 9.04. The Morgan fingerprint density at radius 2 is 1.42 bits per heavy atom. The lowest BCUT2D eigenvalue weighted by Gasteiger charge is -2.23. The van der Waals surface area contributed by atoms with E-state index in [1.54, 1.807) is 4.90 Å². The van der Waals surface area contributed by atoms with Gasteiger partial charge in [-0.3, -0.25) is 9.59 Å². The molecule has 0 saturated heterocycles. The topological polar surface area (TPSA) is 77.1 Å². The Labute approximate surface area is 261 Å². The first-order chi connectivity index (χ1) is 22.1. The van der Waals surface area contributed by atoms with E-state index in [0.717, 1.165) is 33.5 Å². The summed E-state index contributed by atoms with van der Waals surface area (Å²) >= 11 is 0. The van der Waals surface area contributed by atoms with Gasteiger partial charge >= 0.3 is 0 Å². The van der Waals surface area contributed by atoms with E-state index >= 15 is 0 Å². The van der Waals surface area contributed by atoms with E-state index in [4.69, 9.17) is 14.2 Å². The Morgan fingerprint density at radius 3 is 2.18 bits per heavy atom. The molecule has 3 aliphatic rings. The molecule has 0 radical (unpaired) electrons. The second-order valence-corrected chi connectivity index (χ2v) is 11.6. The van der Waals surface area contributed by atoms with Crippen molar-refractivity contribution in [3.8, 4) is 17.2 Å². The van der Waals surface area contributed by atoms with Crippen molar-refractivity contribution in [1.82, 2.24) is 5.32 Å². The molecule has 222 valence electrons. The maximum atomic E-state index is 14.4. The van der Waals surface area contributed by atoms with E-state index in [1.165, 1.54) is 0 Å². The highest BCUT2D eigenvalue weighted by molar-refractivity contribution is 6.11. The lowest BCUT2D eigenvalue weighted by molar-refractivity contribution is -0.122. The average molecular weight is 595 g/mol. The lowest BCUT2D eigenvalue weighted by Crippen LogP contribution is -2.42. The molecular weight excluding hydrogens is 564 g/mol. The van der Waals surface area contributed by atoms with E-state index in [1.807, 2.05) is 97.1 Å². The number of hydrogen-bond donors (Lipinski definition) is 1.